The van der Waals surface area contributed by atoms with Crippen LogP contribution in [-0.2, 0) is 11.4 Å². The zero-order chi connectivity index (χ0) is 20.5. The first-order valence-electron chi connectivity index (χ1n) is 9.13. The standard InChI is InChI=1S/C22H22N4O2S/c1-16-12-17(2)25-22(24-16)29-15-21(27)26-23-13-19-10-6-7-11-20(19)28-14-18-8-4-3-5-9-18/h3-13H,14-15H2,1-2H3,(H,26,27)/b23-13-. The minimum atomic E-state index is -0.225. The molecule has 0 bridgehead atoms. The molecule has 7 heteroatoms. The maximum atomic E-state index is 12.0. The van der Waals surface area contributed by atoms with Crippen LogP contribution in [-0.4, -0.2) is 27.8 Å². The van der Waals surface area contributed by atoms with Crippen molar-refractivity contribution in [3.8, 4) is 5.75 Å². The monoisotopic (exact) mass is 406 g/mol. The molecular weight excluding hydrogens is 384 g/mol. The van der Waals surface area contributed by atoms with Crippen molar-refractivity contribution in [2.24, 2.45) is 5.10 Å². The summed E-state index contributed by atoms with van der Waals surface area (Å²) in [5.41, 5.74) is 6.16. The highest BCUT2D eigenvalue weighted by molar-refractivity contribution is 7.99. The second kappa shape index (κ2) is 10.4. The molecule has 1 aromatic heterocycles. The maximum absolute atomic E-state index is 12.0. The Morgan fingerprint density at radius 2 is 1.76 bits per heavy atom. The second-order valence-corrected chi connectivity index (χ2v) is 7.27. The Morgan fingerprint density at radius 1 is 1.07 bits per heavy atom. The van der Waals surface area contributed by atoms with E-state index in [1.165, 1.54) is 11.8 Å². The van der Waals surface area contributed by atoms with E-state index in [0.717, 1.165) is 22.5 Å². The molecule has 148 valence electrons. The third-order valence-electron chi connectivity index (χ3n) is 3.84. The summed E-state index contributed by atoms with van der Waals surface area (Å²) in [5.74, 6) is 0.663. The number of nitrogens with zero attached hydrogens (tertiary/aromatic N) is 3. The second-order valence-electron chi connectivity index (χ2n) is 6.33. The molecule has 3 aromatic rings. The summed E-state index contributed by atoms with van der Waals surface area (Å²) in [7, 11) is 0. The molecule has 1 N–H and O–H groups in total. The fourth-order valence-corrected chi connectivity index (χ4v) is 3.29. The normalized spacial score (nSPS) is 10.8. The predicted molar refractivity (Wildman–Crippen MR) is 115 cm³/mol. The van der Waals surface area contributed by atoms with Crippen LogP contribution in [0.5, 0.6) is 5.75 Å². The molecule has 1 amide bonds. The van der Waals surface area contributed by atoms with Crippen LogP contribution in [0.15, 0.2) is 70.9 Å². The number of ether oxygens (including phenoxy) is 1. The van der Waals surface area contributed by atoms with E-state index >= 15 is 0 Å². The van der Waals surface area contributed by atoms with Crippen LogP contribution in [0.3, 0.4) is 0 Å². The number of para-hydroxylation sites is 1. The summed E-state index contributed by atoms with van der Waals surface area (Å²) < 4.78 is 5.88. The average Bonchev–Trinajstić information content (AvgIpc) is 2.72. The molecule has 0 radical (unpaired) electrons. The fraction of sp³-hybridized carbons (Fsp3) is 0.182. The van der Waals surface area contributed by atoms with Crippen molar-refractivity contribution >= 4 is 23.9 Å². The van der Waals surface area contributed by atoms with Crippen LogP contribution in [0.25, 0.3) is 0 Å². The number of benzene rings is 2. The molecule has 0 aliphatic heterocycles. The minimum absolute atomic E-state index is 0.187. The quantitative estimate of drug-likeness (QED) is 0.266. The van der Waals surface area contributed by atoms with Gasteiger partial charge in [0.05, 0.1) is 12.0 Å². The maximum Gasteiger partial charge on any atom is 0.250 e. The van der Waals surface area contributed by atoms with Gasteiger partial charge in [0.2, 0.25) is 0 Å². The van der Waals surface area contributed by atoms with E-state index in [1.54, 1.807) is 6.21 Å². The van der Waals surface area contributed by atoms with Crippen molar-refractivity contribution in [1.82, 2.24) is 15.4 Å². The van der Waals surface area contributed by atoms with Gasteiger partial charge in [-0.2, -0.15) is 5.10 Å². The first kappa shape index (κ1) is 20.5. The van der Waals surface area contributed by atoms with Gasteiger partial charge in [0.25, 0.3) is 5.91 Å². The number of aryl methyl sites for hydroxylation is 2. The molecule has 0 atom stereocenters. The number of rotatable bonds is 8. The van der Waals surface area contributed by atoms with E-state index in [9.17, 15) is 4.79 Å². The highest BCUT2D eigenvalue weighted by Gasteiger charge is 2.06. The molecule has 6 nitrogen and oxygen atoms in total. The lowest BCUT2D eigenvalue weighted by molar-refractivity contribution is -0.118. The van der Waals surface area contributed by atoms with E-state index in [4.69, 9.17) is 4.74 Å². The van der Waals surface area contributed by atoms with Crippen molar-refractivity contribution in [2.45, 2.75) is 25.6 Å². The molecule has 3 rings (SSSR count). The lowest BCUT2D eigenvalue weighted by atomic mass is 10.2. The average molecular weight is 407 g/mol. The van der Waals surface area contributed by atoms with Gasteiger partial charge in [0.1, 0.15) is 12.4 Å². The van der Waals surface area contributed by atoms with Crippen LogP contribution >= 0.6 is 11.8 Å². The zero-order valence-electron chi connectivity index (χ0n) is 16.3. The first-order chi connectivity index (χ1) is 14.1. The summed E-state index contributed by atoms with van der Waals surface area (Å²) in [6, 6.07) is 19.4. The predicted octanol–water partition coefficient (Wildman–Crippen LogP) is 3.91. The molecule has 0 spiro atoms. The summed E-state index contributed by atoms with van der Waals surface area (Å²) in [5, 5.41) is 4.63. The van der Waals surface area contributed by atoms with Crippen molar-refractivity contribution < 1.29 is 9.53 Å². The summed E-state index contributed by atoms with van der Waals surface area (Å²) >= 11 is 1.28. The van der Waals surface area contributed by atoms with Crippen molar-refractivity contribution in [3.63, 3.8) is 0 Å². The van der Waals surface area contributed by atoms with Crippen molar-refractivity contribution in [1.29, 1.82) is 0 Å². The molecule has 1 heterocycles. The van der Waals surface area contributed by atoms with Crippen LogP contribution in [0.1, 0.15) is 22.5 Å². The summed E-state index contributed by atoms with van der Waals surface area (Å²) in [4.78, 5) is 20.7. The lowest BCUT2D eigenvalue weighted by Gasteiger charge is -2.09. The van der Waals surface area contributed by atoms with Gasteiger partial charge in [-0.3, -0.25) is 4.79 Å². The number of hydrogen-bond acceptors (Lipinski definition) is 6. The number of amides is 1. The first-order valence-corrected chi connectivity index (χ1v) is 10.1. The van der Waals surface area contributed by atoms with Gasteiger partial charge in [0.15, 0.2) is 5.16 Å². The Bertz CT molecular complexity index is 973. The minimum Gasteiger partial charge on any atom is -0.488 e. The van der Waals surface area contributed by atoms with Gasteiger partial charge < -0.3 is 4.74 Å². The van der Waals surface area contributed by atoms with Gasteiger partial charge in [-0.1, -0.05) is 54.2 Å². The van der Waals surface area contributed by atoms with Crippen LogP contribution < -0.4 is 10.2 Å². The van der Waals surface area contributed by atoms with Gasteiger partial charge in [-0.05, 0) is 37.6 Å². The lowest BCUT2D eigenvalue weighted by Crippen LogP contribution is -2.20. The number of aromatic nitrogens is 2. The smallest absolute Gasteiger partial charge is 0.250 e. The topological polar surface area (TPSA) is 76.5 Å². The highest BCUT2D eigenvalue weighted by atomic mass is 32.2. The third kappa shape index (κ3) is 6.73. The molecule has 0 unspecified atom stereocenters. The Balaban J connectivity index is 1.52. The van der Waals surface area contributed by atoms with Gasteiger partial charge in [-0.15, -0.1) is 0 Å². The van der Waals surface area contributed by atoms with Gasteiger partial charge in [0, 0.05) is 17.0 Å². The molecule has 0 fully saturated rings. The van der Waals surface area contributed by atoms with Crippen molar-refractivity contribution in [3.05, 3.63) is 83.2 Å². The fourth-order valence-electron chi connectivity index (χ4n) is 2.55. The molecule has 0 aliphatic rings. The summed E-state index contributed by atoms with van der Waals surface area (Å²) in [6.45, 7) is 4.27. The Kier molecular flexibility index (Phi) is 7.35. The third-order valence-corrected chi connectivity index (χ3v) is 4.69. The molecule has 0 aliphatic carbocycles. The van der Waals surface area contributed by atoms with Crippen LogP contribution in [0, 0.1) is 13.8 Å². The Morgan fingerprint density at radius 3 is 2.52 bits per heavy atom. The number of hydrogen-bond donors (Lipinski definition) is 1. The van der Waals surface area contributed by atoms with E-state index in [-0.39, 0.29) is 11.7 Å². The number of carbonyl (C=O) groups is 1. The van der Waals surface area contributed by atoms with Gasteiger partial charge in [-0.25, -0.2) is 15.4 Å². The number of nitrogens with one attached hydrogen (secondary N) is 1. The highest BCUT2D eigenvalue weighted by Crippen LogP contribution is 2.18. The van der Waals surface area contributed by atoms with Crippen LogP contribution in [0.2, 0.25) is 0 Å². The SMILES string of the molecule is Cc1cc(C)nc(SCC(=O)N/N=C\c2ccccc2OCc2ccccc2)n1. The molecule has 2 aromatic carbocycles. The Labute approximate surface area is 174 Å². The zero-order valence-corrected chi connectivity index (χ0v) is 17.1. The largest absolute Gasteiger partial charge is 0.488 e. The molecule has 0 saturated heterocycles. The molecular formula is C22H22N4O2S. The van der Waals surface area contributed by atoms with E-state index in [0.29, 0.717) is 17.5 Å². The van der Waals surface area contributed by atoms with E-state index < -0.39 is 0 Å². The van der Waals surface area contributed by atoms with Crippen molar-refractivity contribution in [2.75, 3.05) is 5.75 Å². The van der Waals surface area contributed by atoms with Gasteiger partial charge >= 0.3 is 0 Å². The molecule has 29 heavy (non-hydrogen) atoms. The molecule has 0 saturated carbocycles. The number of hydrazone groups is 1. The Hall–Kier alpha value is -3.19. The number of carbonyl (C=O) groups excluding carboxylic acids is 1. The van der Waals surface area contributed by atoms with E-state index in [1.807, 2.05) is 74.5 Å². The number of thioether (sulfide) groups is 1. The van der Waals surface area contributed by atoms with E-state index in [2.05, 4.69) is 20.5 Å². The summed E-state index contributed by atoms with van der Waals surface area (Å²) in [6.07, 6.45) is 1.58. The van der Waals surface area contributed by atoms with Crippen LogP contribution in [0.4, 0.5) is 0 Å².